The molecule has 2 aliphatic heterocycles. The normalized spacial score (nSPS) is 23.0. The molecule has 116 valence electrons. The van der Waals surface area contributed by atoms with Gasteiger partial charge in [-0.1, -0.05) is 0 Å². The highest BCUT2D eigenvalue weighted by Crippen LogP contribution is 2.38. The van der Waals surface area contributed by atoms with Gasteiger partial charge in [0.15, 0.2) is 9.84 Å². The molecule has 1 aromatic heterocycles. The van der Waals surface area contributed by atoms with Gasteiger partial charge in [0.1, 0.15) is 5.82 Å². The van der Waals surface area contributed by atoms with E-state index in [4.69, 9.17) is 4.74 Å². The zero-order valence-corrected chi connectivity index (χ0v) is 13.3. The third kappa shape index (κ3) is 2.89. The van der Waals surface area contributed by atoms with Gasteiger partial charge in [-0.3, -0.25) is 5.32 Å². The minimum atomic E-state index is -3.00. The fourth-order valence-corrected chi connectivity index (χ4v) is 5.39. The van der Waals surface area contributed by atoms with Crippen molar-refractivity contribution in [3.05, 3.63) is 11.3 Å². The summed E-state index contributed by atoms with van der Waals surface area (Å²) in [6.07, 6.45) is 0.00674. The van der Waals surface area contributed by atoms with Gasteiger partial charge in [-0.15, -0.1) is 0 Å². The molecule has 1 aromatic rings. The number of carbonyl (C=O) groups excluding carboxylic acids is 1. The van der Waals surface area contributed by atoms with Crippen LogP contribution in [0, 0.1) is 0 Å². The van der Waals surface area contributed by atoms with Gasteiger partial charge in [-0.2, -0.15) is 16.9 Å². The van der Waals surface area contributed by atoms with E-state index >= 15 is 0 Å². The highest BCUT2D eigenvalue weighted by atomic mass is 32.2. The quantitative estimate of drug-likeness (QED) is 0.904. The minimum absolute atomic E-state index is 0.0816. The summed E-state index contributed by atoms with van der Waals surface area (Å²) in [5.74, 6) is 2.42. The Morgan fingerprint density at radius 1 is 1.52 bits per heavy atom. The van der Waals surface area contributed by atoms with Crippen molar-refractivity contribution in [2.24, 2.45) is 0 Å². The Kier molecular flexibility index (Phi) is 3.87. The van der Waals surface area contributed by atoms with Crippen LogP contribution in [-0.4, -0.2) is 42.4 Å². The summed E-state index contributed by atoms with van der Waals surface area (Å²) < 4.78 is 29.9. The smallest absolute Gasteiger partial charge is 0.412 e. The molecule has 0 spiro atoms. The van der Waals surface area contributed by atoms with Crippen molar-refractivity contribution in [2.75, 3.05) is 23.4 Å². The monoisotopic (exact) mass is 331 g/mol. The van der Waals surface area contributed by atoms with Gasteiger partial charge >= 0.3 is 6.09 Å². The van der Waals surface area contributed by atoms with Crippen molar-refractivity contribution in [2.45, 2.75) is 30.9 Å². The summed E-state index contributed by atoms with van der Waals surface area (Å²) in [4.78, 5) is 11.7. The SMILES string of the molecule is CCOC(=O)Nc1c2c(nn1C1CCS(=O)(=O)C1)CSC2. The Hall–Kier alpha value is -1.22. The van der Waals surface area contributed by atoms with Gasteiger partial charge in [-0.25, -0.2) is 17.9 Å². The average Bonchev–Trinajstić information content (AvgIpc) is 3.06. The number of rotatable bonds is 3. The zero-order valence-electron chi connectivity index (χ0n) is 11.7. The Morgan fingerprint density at radius 3 is 3.00 bits per heavy atom. The number of thioether (sulfide) groups is 1. The van der Waals surface area contributed by atoms with E-state index in [1.807, 2.05) is 0 Å². The van der Waals surface area contributed by atoms with E-state index in [1.54, 1.807) is 23.4 Å². The Labute approximate surface area is 127 Å². The highest BCUT2D eigenvalue weighted by molar-refractivity contribution is 7.98. The Bertz CT molecular complexity index is 668. The van der Waals surface area contributed by atoms with Gasteiger partial charge in [0.25, 0.3) is 0 Å². The molecule has 2 aliphatic rings. The molecule has 3 heterocycles. The number of amides is 1. The third-order valence-electron chi connectivity index (χ3n) is 3.63. The molecular formula is C12H17N3O4S2. The molecule has 1 unspecified atom stereocenters. The van der Waals surface area contributed by atoms with E-state index < -0.39 is 15.9 Å². The van der Waals surface area contributed by atoms with E-state index in [0.29, 0.717) is 12.2 Å². The summed E-state index contributed by atoms with van der Waals surface area (Å²) in [5.41, 5.74) is 1.91. The highest BCUT2D eigenvalue weighted by Gasteiger charge is 2.34. The summed E-state index contributed by atoms with van der Waals surface area (Å²) in [7, 11) is -3.00. The molecule has 1 atom stereocenters. The van der Waals surface area contributed by atoms with Crippen LogP contribution >= 0.6 is 11.8 Å². The second kappa shape index (κ2) is 5.53. The molecule has 0 radical (unpaired) electrons. The average molecular weight is 331 g/mol. The maximum atomic E-state index is 11.7. The second-order valence-corrected chi connectivity index (χ2v) is 8.33. The first-order valence-corrected chi connectivity index (χ1v) is 9.80. The number of fused-ring (bicyclic) bond motifs is 1. The number of carbonyl (C=O) groups is 1. The van der Waals surface area contributed by atoms with Crippen LogP contribution in [0.2, 0.25) is 0 Å². The maximum absolute atomic E-state index is 11.7. The molecule has 0 aromatic carbocycles. The molecule has 21 heavy (non-hydrogen) atoms. The number of aromatic nitrogens is 2. The Morgan fingerprint density at radius 2 is 2.33 bits per heavy atom. The summed E-state index contributed by atoms with van der Waals surface area (Å²) >= 11 is 1.73. The molecule has 3 rings (SSSR count). The summed E-state index contributed by atoms with van der Waals surface area (Å²) in [5, 5.41) is 7.24. The van der Waals surface area contributed by atoms with E-state index in [9.17, 15) is 13.2 Å². The predicted molar refractivity (Wildman–Crippen MR) is 80.2 cm³/mol. The summed E-state index contributed by atoms with van der Waals surface area (Å²) in [6, 6.07) is -0.206. The Balaban J connectivity index is 1.91. The lowest BCUT2D eigenvalue weighted by Crippen LogP contribution is -2.21. The molecular weight excluding hydrogens is 314 g/mol. The topological polar surface area (TPSA) is 90.3 Å². The minimum Gasteiger partial charge on any atom is -0.450 e. The fourth-order valence-electron chi connectivity index (χ4n) is 2.66. The van der Waals surface area contributed by atoms with Gasteiger partial charge < -0.3 is 4.74 Å². The van der Waals surface area contributed by atoms with Crippen molar-refractivity contribution >= 4 is 33.5 Å². The lowest BCUT2D eigenvalue weighted by atomic mass is 10.2. The number of hydrogen-bond donors (Lipinski definition) is 1. The zero-order chi connectivity index (χ0) is 15.0. The lowest BCUT2D eigenvalue weighted by molar-refractivity contribution is 0.167. The number of sulfone groups is 1. The number of hydrogen-bond acceptors (Lipinski definition) is 6. The first-order valence-electron chi connectivity index (χ1n) is 6.82. The van der Waals surface area contributed by atoms with Crippen molar-refractivity contribution in [3.8, 4) is 0 Å². The van der Waals surface area contributed by atoms with Gasteiger partial charge in [0.2, 0.25) is 0 Å². The van der Waals surface area contributed by atoms with Crippen LogP contribution in [-0.2, 0) is 26.1 Å². The number of nitrogens with one attached hydrogen (secondary N) is 1. The molecule has 1 fully saturated rings. The molecule has 0 saturated carbocycles. The van der Waals surface area contributed by atoms with Gasteiger partial charge in [0.05, 0.1) is 29.8 Å². The number of nitrogens with zero attached hydrogens (tertiary/aromatic N) is 2. The van der Waals surface area contributed by atoms with E-state index in [-0.39, 0.29) is 24.2 Å². The summed E-state index contributed by atoms with van der Waals surface area (Å²) in [6.45, 7) is 2.02. The molecule has 1 saturated heterocycles. The van der Waals surface area contributed by atoms with Crippen molar-refractivity contribution in [3.63, 3.8) is 0 Å². The molecule has 9 heteroatoms. The van der Waals surface area contributed by atoms with Crippen LogP contribution in [0.1, 0.15) is 30.6 Å². The van der Waals surface area contributed by atoms with Crippen molar-refractivity contribution in [1.29, 1.82) is 0 Å². The molecule has 0 bridgehead atoms. The van der Waals surface area contributed by atoms with Crippen LogP contribution in [0.4, 0.5) is 10.6 Å². The van der Waals surface area contributed by atoms with E-state index in [1.165, 1.54) is 0 Å². The molecule has 0 aliphatic carbocycles. The third-order valence-corrected chi connectivity index (χ3v) is 6.35. The predicted octanol–water partition coefficient (Wildman–Crippen LogP) is 1.56. The van der Waals surface area contributed by atoms with E-state index in [0.717, 1.165) is 22.8 Å². The van der Waals surface area contributed by atoms with Crippen LogP contribution in [0.15, 0.2) is 0 Å². The molecule has 1 N–H and O–H groups in total. The van der Waals surface area contributed by atoms with Crippen molar-refractivity contribution in [1.82, 2.24) is 9.78 Å². The maximum Gasteiger partial charge on any atom is 0.412 e. The van der Waals surface area contributed by atoms with Crippen molar-refractivity contribution < 1.29 is 17.9 Å². The molecule has 1 amide bonds. The molecule has 7 nitrogen and oxygen atoms in total. The second-order valence-electron chi connectivity index (χ2n) is 5.11. The number of ether oxygens (including phenoxy) is 1. The standard InChI is InChI=1S/C12H17N3O4S2/c1-2-19-12(16)13-11-9-5-20-6-10(9)14-15(11)8-3-4-21(17,18)7-8/h8H,2-7H2,1H3,(H,13,16). The lowest BCUT2D eigenvalue weighted by Gasteiger charge is -2.15. The van der Waals surface area contributed by atoms with Gasteiger partial charge in [-0.05, 0) is 13.3 Å². The first-order chi connectivity index (χ1) is 10.00. The van der Waals surface area contributed by atoms with Crippen LogP contribution in [0.25, 0.3) is 0 Å². The van der Waals surface area contributed by atoms with Crippen LogP contribution < -0.4 is 5.32 Å². The fraction of sp³-hybridized carbons (Fsp3) is 0.667. The van der Waals surface area contributed by atoms with Crippen LogP contribution in [0.3, 0.4) is 0 Å². The first kappa shape index (κ1) is 14.7. The largest absolute Gasteiger partial charge is 0.450 e. The van der Waals surface area contributed by atoms with Gasteiger partial charge in [0, 0.05) is 17.1 Å². The number of anilines is 1. The van der Waals surface area contributed by atoms with Crippen LogP contribution in [0.5, 0.6) is 0 Å². The van der Waals surface area contributed by atoms with E-state index in [2.05, 4.69) is 10.4 Å².